The van der Waals surface area contributed by atoms with Gasteiger partial charge in [-0.25, -0.2) is 27.4 Å². The fourth-order valence-electron chi connectivity index (χ4n) is 4.28. The number of benzene rings is 2. The summed E-state index contributed by atoms with van der Waals surface area (Å²) in [7, 11) is -4.19. The first-order valence-electron chi connectivity index (χ1n) is 14.0. The first-order chi connectivity index (χ1) is 20.5. The Bertz CT molecular complexity index is 1610. The van der Waals surface area contributed by atoms with Gasteiger partial charge in [0, 0.05) is 19.5 Å². The number of ether oxygens (including phenoxy) is 2. The number of rotatable bonds is 12. The monoisotopic (exact) mass is 630 g/mol. The third-order valence-electron chi connectivity index (χ3n) is 6.68. The first kappa shape index (κ1) is 34.0. The van der Waals surface area contributed by atoms with Gasteiger partial charge in [-0.05, 0) is 95.5 Å². The summed E-state index contributed by atoms with van der Waals surface area (Å²) in [5.74, 6) is -0.560. The number of primary amides is 1. The summed E-state index contributed by atoms with van der Waals surface area (Å²) in [6.07, 6.45) is 0.464. The van der Waals surface area contributed by atoms with E-state index >= 15 is 0 Å². The molecule has 0 bridgehead atoms. The van der Waals surface area contributed by atoms with Gasteiger partial charge in [-0.1, -0.05) is 6.07 Å². The van der Waals surface area contributed by atoms with Gasteiger partial charge in [0.1, 0.15) is 28.9 Å². The molecule has 0 saturated carbocycles. The largest absolute Gasteiger partial charge is 0.458 e. The maximum atomic E-state index is 13.6. The average molecular weight is 631 g/mol. The Morgan fingerprint density at radius 3 is 2.25 bits per heavy atom. The number of carbonyl (C=O) groups is 2. The summed E-state index contributed by atoms with van der Waals surface area (Å²) >= 11 is 0. The van der Waals surface area contributed by atoms with Gasteiger partial charge < -0.3 is 25.4 Å². The van der Waals surface area contributed by atoms with E-state index in [1.807, 2.05) is 25.7 Å². The summed E-state index contributed by atoms with van der Waals surface area (Å²) in [4.78, 5) is 35.5. The SMILES string of the molecule is CCN(CC)c1ncc(NS(=O)(=O)c2ccc(F)cc2)c(NC(Cc2ccc(OC(N)=O)c(C)c2C)C(=O)OC(C)(C)C)n1. The minimum atomic E-state index is -4.19. The highest BCUT2D eigenvalue weighted by atomic mass is 32.2. The molecule has 44 heavy (non-hydrogen) atoms. The lowest BCUT2D eigenvalue weighted by Crippen LogP contribution is -2.39. The number of nitrogens with one attached hydrogen (secondary N) is 2. The second-order valence-electron chi connectivity index (χ2n) is 11.0. The molecule has 12 nitrogen and oxygen atoms in total. The van der Waals surface area contributed by atoms with Crippen LogP contribution in [0.1, 0.15) is 51.3 Å². The number of anilines is 3. The van der Waals surface area contributed by atoms with Crippen molar-refractivity contribution < 1.29 is 31.9 Å². The highest BCUT2D eigenvalue weighted by Crippen LogP contribution is 2.29. The number of esters is 1. The predicted octanol–water partition coefficient (Wildman–Crippen LogP) is 4.70. The van der Waals surface area contributed by atoms with Gasteiger partial charge >= 0.3 is 12.1 Å². The van der Waals surface area contributed by atoms with Crippen LogP contribution in [0.15, 0.2) is 47.5 Å². The van der Waals surface area contributed by atoms with E-state index in [1.54, 1.807) is 39.8 Å². The molecule has 4 N–H and O–H groups in total. The Morgan fingerprint density at radius 2 is 1.68 bits per heavy atom. The molecule has 0 aliphatic rings. The van der Waals surface area contributed by atoms with Crippen molar-refractivity contribution in [2.24, 2.45) is 5.73 Å². The summed E-state index contributed by atoms with van der Waals surface area (Å²) < 4.78 is 53.2. The molecule has 1 aromatic heterocycles. The summed E-state index contributed by atoms with van der Waals surface area (Å²) in [6.45, 7) is 13.8. The predicted molar refractivity (Wildman–Crippen MR) is 166 cm³/mol. The van der Waals surface area contributed by atoms with Crippen LogP contribution in [0.4, 0.5) is 26.6 Å². The maximum Gasteiger partial charge on any atom is 0.409 e. The molecular formula is C30H39FN6O6S. The van der Waals surface area contributed by atoms with Gasteiger partial charge in [0.15, 0.2) is 5.82 Å². The highest BCUT2D eigenvalue weighted by Gasteiger charge is 2.29. The van der Waals surface area contributed by atoms with E-state index in [0.717, 1.165) is 35.4 Å². The molecule has 0 spiro atoms. The van der Waals surface area contributed by atoms with E-state index in [2.05, 4.69) is 20.0 Å². The molecule has 0 aliphatic heterocycles. The number of nitrogens with zero attached hydrogens (tertiary/aromatic N) is 3. The molecule has 0 fully saturated rings. The van der Waals surface area contributed by atoms with Crippen LogP contribution in [0.3, 0.4) is 0 Å². The number of carbonyl (C=O) groups excluding carboxylic acids is 2. The van der Waals surface area contributed by atoms with Crippen LogP contribution in [0, 0.1) is 19.7 Å². The molecule has 1 heterocycles. The van der Waals surface area contributed by atoms with Gasteiger partial charge in [-0.3, -0.25) is 4.72 Å². The number of amides is 1. The highest BCUT2D eigenvalue weighted by molar-refractivity contribution is 7.92. The summed E-state index contributed by atoms with van der Waals surface area (Å²) in [5, 5.41) is 3.09. The normalized spacial score (nSPS) is 12.3. The van der Waals surface area contributed by atoms with Crippen LogP contribution >= 0.6 is 0 Å². The molecule has 3 rings (SSSR count). The van der Waals surface area contributed by atoms with Crippen LogP contribution in [0.5, 0.6) is 5.75 Å². The number of hydrogen-bond donors (Lipinski definition) is 3. The third-order valence-corrected chi connectivity index (χ3v) is 8.06. The van der Waals surface area contributed by atoms with E-state index in [9.17, 15) is 22.4 Å². The van der Waals surface area contributed by atoms with Crippen molar-refractivity contribution in [3.63, 3.8) is 0 Å². The Balaban J connectivity index is 2.09. The quantitative estimate of drug-likeness (QED) is 0.239. The summed E-state index contributed by atoms with van der Waals surface area (Å²) in [6, 6.07) is 6.60. The van der Waals surface area contributed by atoms with E-state index in [4.69, 9.17) is 15.2 Å². The zero-order valence-corrected chi connectivity index (χ0v) is 26.7. The molecule has 1 unspecified atom stereocenters. The van der Waals surface area contributed by atoms with Gasteiger partial charge in [0.25, 0.3) is 10.0 Å². The van der Waals surface area contributed by atoms with Gasteiger partial charge in [0.2, 0.25) is 5.95 Å². The minimum absolute atomic E-state index is 0.0306. The van der Waals surface area contributed by atoms with Gasteiger partial charge in [0.05, 0.1) is 11.1 Å². The molecule has 2 aromatic carbocycles. The molecule has 0 aliphatic carbocycles. The van der Waals surface area contributed by atoms with Gasteiger partial charge in [-0.15, -0.1) is 0 Å². The lowest BCUT2D eigenvalue weighted by Gasteiger charge is -2.27. The number of hydrogen-bond acceptors (Lipinski definition) is 10. The standard InChI is InChI=1S/C30H39FN6O6S/c1-8-37(9-2)29-33-17-24(36-44(40,41)22-13-11-21(31)12-14-22)26(35-29)34-23(27(38)43-30(5,6)7)16-20-10-15-25(42-28(32)39)19(4)18(20)3/h10-15,17,23,36H,8-9,16H2,1-7H3,(H2,32,39)(H,33,34,35). The third kappa shape index (κ3) is 8.78. The molecule has 1 atom stereocenters. The van der Waals surface area contributed by atoms with E-state index < -0.39 is 39.5 Å². The second kappa shape index (κ2) is 13.9. The van der Waals surface area contributed by atoms with Gasteiger partial charge in [-0.2, -0.15) is 4.98 Å². The zero-order chi connectivity index (χ0) is 32.8. The zero-order valence-electron chi connectivity index (χ0n) is 25.9. The average Bonchev–Trinajstić information content (AvgIpc) is 2.93. The minimum Gasteiger partial charge on any atom is -0.458 e. The van der Waals surface area contributed by atoms with Crippen LogP contribution in [0.25, 0.3) is 0 Å². The van der Waals surface area contributed by atoms with E-state index in [0.29, 0.717) is 24.6 Å². The van der Waals surface area contributed by atoms with Crippen LogP contribution < -0.4 is 25.4 Å². The maximum absolute atomic E-state index is 13.6. The van der Waals surface area contributed by atoms with E-state index in [1.165, 1.54) is 6.20 Å². The molecule has 0 radical (unpaired) electrons. The molecular weight excluding hydrogens is 591 g/mol. The lowest BCUT2D eigenvalue weighted by molar-refractivity contribution is -0.155. The topological polar surface area (TPSA) is 166 Å². The molecule has 0 saturated heterocycles. The van der Waals surface area contributed by atoms with Crippen molar-refractivity contribution in [3.05, 3.63) is 65.1 Å². The van der Waals surface area contributed by atoms with Crippen molar-refractivity contribution in [1.82, 2.24) is 9.97 Å². The number of sulfonamides is 1. The molecule has 1 amide bonds. The fraction of sp³-hybridized carbons (Fsp3) is 0.400. The number of aromatic nitrogens is 2. The van der Waals surface area contributed by atoms with Crippen LogP contribution in [0.2, 0.25) is 0 Å². The Labute approximate surface area is 257 Å². The Morgan fingerprint density at radius 1 is 1.05 bits per heavy atom. The number of nitrogens with two attached hydrogens (primary N) is 1. The lowest BCUT2D eigenvalue weighted by atomic mass is 9.96. The molecule has 14 heteroatoms. The van der Waals surface area contributed by atoms with Crippen molar-refractivity contribution in [1.29, 1.82) is 0 Å². The van der Waals surface area contributed by atoms with Crippen molar-refractivity contribution in [3.8, 4) is 5.75 Å². The fourth-order valence-corrected chi connectivity index (χ4v) is 5.33. The Hall–Kier alpha value is -4.46. The van der Waals surface area contributed by atoms with E-state index in [-0.39, 0.29) is 28.6 Å². The number of halogens is 1. The summed E-state index contributed by atoms with van der Waals surface area (Å²) in [5.41, 5.74) is 6.47. The first-order valence-corrected chi connectivity index (χ1v) is 15.5. The van der Waals surface area contributed by atoms with Crippen LogP contribution in [-0.4, -0.2) is 55.2 Å². The smallest absolute Gasteiger partial charge is 0.409 e. The second-order valence-corrected chi connectivity index (χ2v) is 12.7. The molecule has 238 valence electrons. The Kier molecular flexibility index (Phi) is 10.7. The molecule has 3 aromatic rings. The van der Waals surface area contributed by atoms with Crippen LogP contribution in [-0.2, 0) is 26.0 Å². The van der Waals surface area contributed by atoms with Crippen molar-refractivity contribution in [2.45, 2.75) is 71.4 Å². The van der Waals surface area contributed by atoms with Crippen molar-refractivity contribution in [2.75, 3.05) is 28.0 Å². The van der Waals surface area contributed by atoms with Crippen molar-refractivity contribution >= 4 is 39.5 Å².